The van der Waals surface area contributed by atoms with Crippen molar-refractivity contribution in [2.24, 2.45) is 0 Å². The van der Waals surface area contributed by atoms with E-state index in [0.717, 1.165) is 17.0 Å². The van der Waals surface area contributed by atoms with Gasteiger partial charge in [-0.15, -0.1) is 0 Å². The van der Waals surface area contributed by atoms with Gasteiger partial charge in [-0.05, 0) is 31.2 Å². The van der Waals surface area contributed by atoms with E-state index in [1.807, 2.05) is 30.3 Å². The fraction of sp³-hybridized carbons (Fsp3) is 0.118. The van der Waals surface area contributed by atoms with Gasteiger partial charge in [-0.3, -0.25) is 14.9 Å². The lowest BCUT2D eigenvalue weighted by atomic mass is 10.1. The number of nitro groups is 1. The van der Waals surface area contributed by atoms with Gasteiger partial charge in [0, 0.05) is 17.0 Å². The van der Waals surface area contributed by atoms with Crippen molar-refractivity contribution in [1.29, 1.82) is 0 Å². The number of nitrogens with one attached hydrogen (secondary N) is 1. The highest BCUT2D eigenvalue weighted by Gasteiger charge is 2.19. The van der Waals surface area contributed by atoms with Gasteiger partial charge in [-0.25, -0.2) is 0 Å². The molecule has 0 fully saturated rings. The number of nitrogens with zero attached hydrogens (tertiary/aromatic N) is 1. The van der Waals surface area contributed by atoms with Crippen molar-refractivity contribution in [2.45, 2.75) is 13.0 Å². The lowest BCUT2D eigenvalue weighted by Crippen LogP contribution is -2.26. The maximum Gasteiger partial charge on any atom is 0.288 e. The molecule has 2 aromatic carbocycles. The van der Waals surface area contributed by atoms with Gasteiger partial charge in [0.05, 0.1) is 11.0 Å². The molecule has 3 rings (SSSR count). The molecule has 1 amide bonds. The Hall–Kier alpha value is -2.86. The van der Waals surface area contributed by atoms with E-state index in [1.54, 1.807) is 6.92 Å². The average Bonchev–Trinajstić information content (AvgIpc) is 2.99. The smallest absolute Gasteiger partial charge is 0.288 e. The average molecular weight is 345 g/mol. The lowest BCUT2D eigenvalue weighted by Gasteiger charge is -2.11. The highest BCUT2D eigenvalue weighted by atomic mass is 35.5. The van der Waals surface area contributed by atoms with Crippen molar-refractivity contribution >= 4 is 34.2 Å². The molecule has 0 radical (unpaired) electrons. The van der Waals surface area contributed by atoms with Crippen LogP contribution < -0.4 is 5.32 Å². The second-order valence-corrected chi connectivity index (χ2v) is 5.71. The van der Waals surface area contributed by atoms with Crippen molar-refractivity contribution in [3.8, 4) is 0 Å². The number of carbonyl (C=O) groups excluding carboxylic acids is 1. The zero-order valence-electron chi connectivity index (χ0n) is 12.7. The predicted molar refractivity (Wildman–Crippen MR) is 90.2 cm³/mol. The molecule has 0 aliphatic heterocycles. The summed E-state index contributed by atoms with van der Waals surface area (Å²) in [5.74, 6) is 0.163. The molecule has 24 heavy (non-hydrogen) atoms. The van der Waals surface area contributed by atoms with Crippen molar-refractivity contribution < 1.29 is 14.1 Å². The van der Waals surface area contributed by atoms with Crippen LogP contribution in [0.3, 0.4) is 0 Å². The topological polar surface area (TPSA) is 85.4 Å². The van der Waals surface area contributed by atoms with Crippen molar-refractivity contribution in [3.63, 3.8) is 0 Å². The third-order valence-electron chi connectivity index (χ3n) is 3.62. The molecule has 122 valence electrons. The van der Waals surface area contributed by atoms with Crippen LogP contribution in [0.5, 0.6) is 0 Å². The maximum absolute atomic E-state index is 12.3. The minimum Gasteiger partial charge on any atom is -0.459 e. The van der Waals surface area contributed by atoms with Crippen LogP contribution in [0.2, 0.25) is 5.02 Å². The van der Waals surface area contributed by atoms with Gasteiger partial charge in [-0.1, -0.05) is 29.8 Å². The molecule has 0 saturated carbocycles. The zero-order chi connectivity index (χ0) is 17.3. The van der Waals surface area contributed by atoms with Crippen LogP contribution in [-0.4, -0.2) is 10.8 Å². The fourth-order valence-electron chi connectivity index (χ4n) is 2.36. The molecule has 0 aliphatic rings. The molecule has 7 heteroatoms. The first-order valence-corrected chi connectivity index (χ1v) is 7.57. The number of hydrogen-bond donors (Lipinski definition) is 1. The molecule has 3 aromatic rings. The molecule has 1 aromatic heterocycles. The Morgan fingerprint density at radius 3 is 2.71 bits per heavy atom. The molecule has 1 atom stereocenters. The number of nitro benzene ring substituents is 1. The Morgan fingerprint density at radius 2 is 2.00 bits per heavy atom. The van der Waals surface area contributed by atoms with E-state index in [2.05, 4.69) is 5.32 Å². The van der Waals surface area contributed by atoms with Crippen LogP contribution in [0.15, 0.2) is 52.9 Å². The molecular weight excluding hydrogens is 332 g/mol. The Bertz CT molecular complexity index is 902. The number of para-hydroxylation sites is 1. The molecule has 0 saturated heterocycles. The molecule has 0 bridgehead atoms. The molecular formula is C17H13ClN2O4. The van der Waals surface area contributed by atoms with Crippen molar-refractivity contribution in [3.05, 3.63) is 75.0 Å². The number of benzene rings is 2. The summed E-state index contributed by atoms with van der Waals surface area (Å²) >= 11 is 5.75. The predicted octanol–water partition coefficient (Wildman–Crippen LogP) is 4.49. The summed E-state index contributed by atoms with van der Waals surface area (Å²) < 4.78 is 5.70. The standard InChI is InChI=1S/C17H13ClN2O4/c1-10(16-9-11-4-2-3-5-15(11)24-16)19-17(21)12-6-7-13(18)14(8-12)20(22)23/h2-10H,1H3,(H,19,21)/t10-/m0/s1. The normalized spacial score (nSPS) is 12.1. The molecule has 1 N–H and O–H groups in total. The summed E-state index contributed by atoms with van der Waals surface area (Å²) in [4.78, 5) is 22.6. The summed E-state index contributed by atoms with van der Waals surface area (Å²) in [5.41, 5.74) is 0.588. The Kier molecular flexibility index (Phi) is 4.22. The first-order valence-electron chi connectivity index (χ1n) is 7.19. The van der Waals surface area contributed by atoms with Gasteiger partial charge in [-0.2, -0.15) is 0 Å². The summed E-state index contributed by atoms with van der Waals surface area (Å²) in [6, 6.07) is 12.9. The monoisotopic (exact) mass is 344 g/mol. The van der Waals surface area contributed by atoms with Gasteiger partial charge in [0.1, 0.15) is 16.4 Å². The van der Waals surface area contributed by atoms with E-state index >= 15 is 0 Å². The summed E-state index contributed by atoms with van der Waals surface area (Å²) in [5, 5.41) is 14.6. The number of rotatable bonds is 4. The highest BCUT2D eigenvalue weighted by molar-refractivity contribution is 6.32. The van der Waals surface area contributed by atoms with Gasteiger partial charge in [0.25, 0.3) is 11.6 Å². The molecule has 6 nitrogen and oxygen atoms in total. The van der Waals surface area contributed by atoms with E-state index < -0.39 is 10.8 Å². The van der Waals surface area contributed by atoms with Crippen LogP contribution in [0, 0.1) is 10.1 Å². The van der Waals surface area contributed by atoms with E-state index in [0.29, 0.717) is 5.76 Å². The van der Waals surface area contributed by atoms with Gasteiger partial charge in [0.15, 0.2) is 0 Å². The maximum atomic E-state index is 12.3. The Morgan fingerprint density at radius 1 is 1.25 bits per heavy atom. The lowest BCUT2D eigenvalue weighted by molar-refractivity contribution is -0.384. The van der Waals surface area contributed by atoms with Gasteiger partial charge in [0.2, 0.25) is 0 Å². The van der Waals surface area contributed by atoms with E-state index in [9.17, 15) is 14.9 Å². The largest absolute Gasteiger partial charge is 0.459 e. The number of carbonyl (C=O) groups is 1. The van der Waals surface area contributed by atoms with E-state index in [4.69, 9.17) is 16.0 Å². The SMILES string of the molecule is C[C@H](NC(=O)c1ccc(Cl)c([N+](=O)[O-])c1)c1cc2ccccc2o1. The van der Waals surface area contributed by atoms with Crippen LogP contribution in [-0.2, 0) is 0 Å². The fourth-order valence-corrected chi connectivity index (χ4v) is 2.55. The highest BCUT2D eigenvalue weighted by Crippen LogP contribution is 2.26. The Labute approximate surface area is 142 Å². The van der Waals surface area contributed by atoms with E-state index in [1.165, 1.54) is 12.1 Å². The van der Waals surface area contributed by atoms with Crippen molar-refractivity contribution in [2.75, 3.05) is 0 Å². The van der Waals surface area contributed by atoms with Crippen molar-refractivity contribution in [1.82, 2.24) is 5.32 Å². The van der Waals surface area contributed by atoms with E-state index in [-0.39, 0.29) is 22.3 Å². The number of halogens is 1. The summed E-state index contributed by atoms with van der Waals surface area (Å²) in [7, 11) is 0. The summed E-state index contributed by atoms with van der Waals surface area (Å²) in [6.45, 7) is 1.78. The number of furan rings is 1. The van der Waals surface area contributed by atoms with Gasteiger partial charge < -0.3 is 9.73 Å². The van der Waals surface area contributed by atoms with Crippen LogP contribution in [0.25, 0.3) is 11.0 Å². The summed E-state index contributed by atoms with van der Waals surface area (Å²) in [6.07, 6.45) is 0. The number of amides is 1. The van der Waals surface area contributed by atoms with Crippen LogP contribution >= 0.6 is 11.6 Å². The third kappa shape index (κ3) is 3.09. The Balaban J connectivity index is 1.81. The first kappa shape index (κ1) is 16.0. The number of fused-ring (bicyclic) bond motifs is 1. The molecule has 0 spiro atoms. The molecule has 1 heterocycles. The second kappa shape index (κ2) is 6.33. The third-order valence-corrected chi connectivity index (χ3v) is 3.94. The number of hydrogen-bond acceptors (Lipinski definition) is 4. The van der Waals surface area contributed by atoms with Crippen LogP contribution in [0.4, 0.5) is 5.69 Å². The molecule has 0 unspecified atom stereocenters. The zero-order valence-corrected chi connectivity index (χ0v) is 13.4. The minimum absolute atomic E-state index is 0.0121. The molecule has 0 aliphatic carbocycles. The minimum atomic E-state index is -0.623. The second-order valence-electron chi connectivity index (χ2n) is 5.31. The van der Waals surface area contributed by atoms with Crippen LogP contribution in [0.1, 0.15) is 29.1 Å². The van der Waals surface area contributed by atoms with Gasteiger partial charge >= 0.3 is 0 Å². The quantitative estimate of drug-likeness (QED) is 0.558. The first-order chi connectivity index (χ1) is 11.5.